The van der Waals surface area contributed by atoms with Crippen LogP contribution in [0.4, 0.5) is 11.4 Å². The Morgan fingerprint density at radius 3 is 2.08 bits per heavy atom. The molecule has 3 rings (SSSR count). The molecule has 0 aromatic heterocycles. The van der Waals surface area contributed by atoms with Crippen molar-refractivity contribution in [2.24, 2.45) is 0 Å². The average Bonchev–Trinajstić information content (AvgIpc) is 2.59. The molecule has 0 radical (unpaired) electrons. The van der Waals surface area contributed by atoms with Gasteiger partial charge in [0.05, 0.1) is 10.6 Å². The van der Waals surface area contributed by atoms with Crippen molar-refractivity contribution >= 4 is 28.9 Å². The lowest BCUT2D eigenvalue weighted by Crippen LogP contribution is -2.12. The fourth-order valence-electron chi connectivity index (χ4n) is 2.42. The van der Waals surface area contributed by atoms with Gasteiger partial charge in [-0.1, -0.05) is 48.0 Å². The number of nitrogens with one attached hydrogen (secondary N) is 1. The fraction of sp³-hybridized carbons (Fsp3) is 0.0500. The van der Waals surface area contributed by atoms with Crippen molar-refractivity contribution in [3.8, 4) is 0 Å². The molecule has 1 amide bonds. The van der Waals surface area contributed by atoms with Crippen LogP contribution in [-0.4, -0.2) is 5.91 Å². The van der Waals surface area contributed by atoms with Crippen LogP contribution < -0.4 is 11.1 Å². The Balaban J connectivity index is 1.67. The van der Waals surface area contributed by atoms with Crippen LogP contribution in [0.25, 0.3) is 0 Å². The first-order valence-electron chi connectivity index (χ1n) is 7.61. The van der Waals surface area contributed by atoms with Crippen LogP contribution in [0.1, 0.15) is 21.5 Å². The van der Waals surface area contributed by atoms with Gasteiger partial charge in [-0.05, 0) is 53.9 Å². The molecule has 0 unspecified atom stereocenters. The summed E-state index contributed by atoms with van der Waals surface area (Å²) in [7, 11) is 0. The monoisotopic (exact) mass is 336 g/mol. The minimum atomic E-state index is -0.216. The fourth-order valence-corrected chi connectivity index (χ4v) is 2.64. The molecule has 3 aromatic rings. The lowest BCUT2D eigenvalue weighted by Gasteiger charge is -2.08. The number of carbonyl (C=O) groups excluding carboxylic acids is 1. The van der Waals surface area contributed by atoms with Crippen molar-refractivity contribution < 1.29 is 4.79 Å². The van der Waals surface area contributed by atoms with Gasteiger partial charge in [0.25, 0.3) is 5.91 Å². The first-order valence-corrected chi connectivity index (χ1v) is 7.99. The first-order chi connectivity index (χ1) is 11.6. The predicted molar refractivity (Wildman–Crippen MR) is 99.5 cm³/mol. The van der Waals surface area contributed by atoms with Gasteiger partial charge in [-0.15, -0.1) is 0 Å². The molecule has 4 heteroatoms. The molecule has 0 saturated heterocycles. The minimum absolute atomic E-state index is 0.216. The van der Waals surface area contributed by atoms with E-state index in [4.69, 9.17) is 17.3 Å². The Hall–Kier alpha value is -2.78. The molecule has 3 nitrogen and oxygen atoms in total. The Labute approximate surface area is 146 Å². The summed E-state index contributed by atoms with van der Waals surface area (Å²) in [5.41, 5.74) is 10.0. The Kier molecular flexibility index (Phi) is 4.82. The number of hydrogen-bond donors (Lipinski definition) is 2. The highest BCUT2D eigenvalue weighted by Crippen LogP contribution is 2.18. The van der Waals surface area contributed by atoms with Gasteiger partial charge in [0.15, 0.2) is 0 Å². The van der Waals surface area contributed by atoms with E-state index in [1.165, 1.54) is 5.56 Å². The third-order valence-electron chi connectivity index (χ3n) is 3.72. The van der Waals surface area contributed by atoms with Crippen LogP contribution in [0, 0.1) is 0 Å². The quantitative estimate of drug-likeness (QED) is 0.674. The van der Waals surface area contributed by atoms with Crippen LogP contribution in [0.5, 0.6) is 0 Å². The molecule has 0 spiro atoms. The number of rotatable bonds is 4. The molecular weight excluding hydrogens is 320 g/mol. The number of halogens is 1. The van der Waals surface area contributed by atoms with E-state index >= 15 is 0 Å². The minimum Gasteiger partial charge on any atom is -0.399 e. The number of carbonyl (C=O) groups is 1. The van der Waals surface area contributed by atoms with Gasteiger partial charge in [-0.3, -0.25) is 4.79 Å². The van der Waals surface area contributed by atoms with Crippen LogP contribution in [0.3, 0.4) is 0 Å². The summed E-state index contributed by atoms with van der Waals surface area (Å²) >= 11 is 6.04. The van der Waals surface area contributed by atoms with E-state index in [-0.39, 0.29) is 5.91 Å². The summed E-state index contributed by atoms with van der Waals surface area (Å²) in [6, 6.07) is 22.6. The average molecular weight is 337 g/mol. The number of nitrogen functional groups attached to an aromatic ring is 1. The maximum absolute atomic E-state index is 12.2. The molecule has 0 aliphatic rings. The third kappa shape index (κ3) is 3.94. The SMILES string of the molecule is Nc1ccc(Cc2ccc(NC(=O)c3ccccc3Cl)cc2)cc1. The molecule has 0 fully saturated rings. The molecule has 0 heterocycles. The number of hydrogen-bond acceptors (Lipinski definition) is 2. The largest absolute Gasteiger partial charge is 0.399 e. The van der Waals surface area contributed by atoms with Crippen LogP contribution in [-0.2, 0) is 6.42 Å². The molecule has 0 aliphatic carbocycles. The maximum Gasteiger partial charge on any atom is 0.257 e. The van der Waals surface area contributed by atoms with E-state index in [0.29, 0.717) is 10.6 Å². The maximum atomic E-state index is 12.2. The zero-order valence-corrected chi connectivity index (χ0v) is 13.8. The molecule has 0 bridgehead atoms. The molecular formula is C20H17ClN2O. The second-order valence-corrected chi connectivity index (χ2v) is 5.96. The summed E-state index contributed by atoms with van der Waals surface area (Å²) in [6.07, 6.45) is 0.818. The number of amides is 1. The van der Waals surface area contributed by atoms with Crippen molar-refractivity contribution in [2.75, 3.05) is 11.1 Å². The van der Waals surface area contributed by atoms with Gasteiger partial charge in [0.2, 0.25) is 0 Å². The highest BCUT2D eigenvalue weighted by Gasteiger charge is 2.09. The van der Waals surface area contributed by atoms with Crippen molar-refractivity contribution in [3.05, 3.63) is 94.5 Å². The van der Waals surface area contributed by atoms with Crippen molar-refractivity contribution in [3.63, 3.8) is 0 Å². The molecule has 120 valence electrons. The van der Waals surface area contributed by atoms with E-state index in [9.17, 15) is 4.79 Å². The Morgan fingerprint density at radius 1 is 0.875 bits per heavy atom. The van der Waals surface area contributed by atoms with E-state index in [1.54, 1.807) is 24.3 Å². The zero-order valence-electron chi connectivity index (χ0n) is 13.0. The highest BCUT2D eigenvalue weighted by molar-refractivity contribution is 6.34. The lowest BCUT2D eigenvalue weighted by atomic mass is 10.0. The summed E-state index contributed by atoms with van der Waals surface area (Å²) in [5, 5.41) is 3.30. The second kappa shape index (κ2) is 7.20. The normalized spacial score (nSPS) is 10.4. The molecule has 0 saturated carbocycles. The summed E-state index contributed by atoms with van der Waals surface area (Å²) in [4.78, 5) is 12.2. The second-order valence-electron chi connectivity index (χ2n) is 5.55. The first kappa shape index (κ1) is 16.1. The van der Waals surface area contributed by atoms with E-state index in [1.807, 2.05) is 48.5 Å². The van der Waals surface area contributed by atoms with Gasteiger partial charge in [0.1, 0.15) is 0 Å². The Bertz CT molecular complexity index is 842. The topological polar surface area (TPSA) is 55.1 Å². The smallest absolute Gasteiger partial charge is 0.257 e. The summed E-state index contributed by atoms with van der Waals surface area (Å²) < 4.78 is 0. The molecule has 3 N–H and O–H groups in total. The number of nitrogens with two attached hydrogens (primary N) is 1. The van der Waals surface area contributed by atoms with Gasteiger partial charge < -0.3 is 11.1 Å². The van der Waals surface area contributed by atoms with Gasteiger partial charge in [-0.2, -0.15) is 0 Å². The third-order valence-corrected chi connectivity index (χ3v) is 4.05. The van der Waals surface area contributed by atoms with Gasteiger partial charge in [0, 0.05) is 11.4 Å². The molecule has 0 atom stereocenters. The van der Waals surface area contributed by atoms with E-state index < -0.39 is 0 Å². The van der Waals surface area contributed by atoms with Gasteiger partial charge >= 0.3 is 0 Å². The molecule has 3 aromatic carbocycles. The van der Waals surface area contributed by atoms with Crippen LogP contribution in [0.15, 0.2) is 72.8 Å². The van der Waals surface area contributed by atoms with Crippen LogP contribution >= 0.6 is 11.6 Å². The van der Waals surface area contributed by atoms with E-state index in [2.05, 4.69) is 5.32 Å². The zero-order chi connectivity index (χ0) is 16.9. The predicted octanol–water partition coefficient (Wildman–Crippen LogP) is 4.77. The summed E-state index contributed by atoms with van der Waals surface area (Å²) in [6.45, 7) is 0. The van der Waals surface area contributed by atoms with Crippen molar-refractivity contribution in [2.45, 2.75) is 6.42 Å². The molecule has 0 aliphatic heterocycles. The lowest BCUT2D eigenvalue weighted by molar-refractivity contribution is 0.102. The Morgan fingerprint density at radius 2 is 1.46 bits per heavy atom. The van der Waals surface area contributed by atoms with Crippen LogP contribution in [0.2, 0.25) is 5.02 Å². The molecule has 24 heavy (non-hydrogen) atoms. The van der Waals surface area contributed by atoms with Crippen molar-refractivity contribution in [1.29, 1.82) is 0 Å². The van der Waals surface area contributed by atoms with E-state index in [0.717, 1.165) is 23.4 Å². The number of benzene rings is 3. The summed E-state index contributed by atoms with van der Waals surface area (Å²) in [5.74, 6) is -0.216. The highest BCUT2D eigenvalue weighted by atomic mass is 35.5. The van der Waals surface area contributed by atoms with Crippen molar-refractivity contribution in [1.82, 2.24) is 0 Å². The standard InChI is InChI=1S/C20H17ClN2O/c21-19-4-2-1-3-18(19)20(24)23-17-11-7-15(8-12-17)13-14-5-9-16(22)10-6-14/h1-12H,13,22H2,(H,23,24). The number of anilines is 2. The van der Waals surface area contributed by atoms with Gasteiger partial charge in [-0.25, -0.2) is 0 Å².